The van der Waals surface area contributed by atoms with Crippen LogP contribution in [-0.2, 0) is 23.2 Å². The number of benzene rings is 1. The lowest BCUT2D eigenvalue weighted by Gasteiger charge is -2.32. The molecule has 0 radical (unpaired) electrons. The number of piperidine rings is 1. The highest BCUT2D eigenvalue weighted by molar-refractivity contribution is 7.88. The lowest BCUT2D eigenvalue weighted by Crippen LogP contribution is -2.43. The number of likely N-dealkylation sites (tertiary alicyclic amines) is 1. The lowest BCUT2D eigenvalue weighted by atomic mass is 10.0. The second kappa shape index (κ2) is 8.29. The molecule has 1 aliphatic rings. The molecule has 0 amide bonds. The van der Waals surface area contributed by atoms with Crippen LogP contribution in [0.25, 0.3) is 0 Å². The summed E-state index contributed by atoms with van der Waals surface area (Å²) in [4.78, 5) is 2.31. The Balaban J connectivity index is 1.93. The first-order chi connectivity index (χ1) is 11.3. The summed E-state index contributed by atoms with van der Waals surface area (Å²) in [5.74, 6) is 0.729. The Morgan fingerprint density at radius 2 is 2.00 bits per heavy atom. The van der Waals surface area contributed by atoms with Gasteiger partial charge in [0.1, 0.15) is 5.75 Å². The average Bonchev–Trinajstić information content (AvgIpc) is 2.49. The van der Waals surface area contributed by atoms with Crippen molar-refractivity contribution in [1.82, 2.24) is 9.62 Å². The number of rotatable bonds is 7. The third kappa shape index (κ3) is 6.05. The molecule has 1 fully saturated rings. The summed E-state index contributed by atoms with van der Waals surface area (Å²) in [5.41, 5.74) is 1.93. The molecule has 1 saturated heterocycles. The Morgan fingerprint density at radius 1 is 1.33 bits per heavy atom. The summed E-state index contributed by atoms with van der Waals surface area (Å²) in [5, 5.41) is 9.55. The molecule has 0 saturated carbocycles. The van der Waals surface area contributed by atoms with Gasteiger partial charge in [0.05, 0.1) is 19.0 Å². The van der Waals surface area contributed by atoms with E-state index in [0.717, 1.165) is 49.4 Å². The first kappa shape index (κ1) is 19.2. The molecule has 0 spiro atoms. The van der Waals surface area contributed by atoms with Crippen molar-refractivity contribution in [3.63, 3.8) is 0 Å². The van der Waals surface area contributed by atoms with Crippen molar-refractivity contribution >= 4 is 10.0 Å². The van der Waals surface area contributed by atoms with E-state index in [1.165, 1.54) is 6.26 Å². The highest BCUT2D eigenvalue weighted by Gasteiger charge is 2.21. The quantitative estimate of drug-likeness (QED) is 0.774. The van der Waals surface area contributed by atoms with E-state index in [2.05, 4.69) is 9.62 Å². The molecule has 0 aliphatic carbocycles. The van der Waals surface area contributed by atoms with Crippen LogP contribution in [0.15, 0.2) is 18.2 Å². The van der Waals surface area contributed by atoms with Gasteiger partial charge in [0.2, 0.25) is 10.0 Å². The Bertz CT molecular complexity index is 638. The van der Waals surface area contributed by atoms with E-state index in [1.54, 1.807) is 0 Å². The molecule has 7 heteroatoms. The largest absolute Gasteiger partial charge is 0.491 e. The summed E-state index contributed by atoms with van der Waals surface area (Å²) in [6, 6.07) is 5.96. The van der Waals surface area contributed by atoms with Gasteiger partial charge in [0.25, 0.3) is 0 Å². The molecule has 0 aromatic heterocycles. The maximum Gasteiger partial charge on any atom is 0.208 e. The Hall–Kier alpha value is -1.15. The van der Waals surface area contributed by atoms with E-state index in [9.17, 15) is 13.5 Å². The molecule has 24 heavy (non-hydrogen) atoms. The van der Waals surface area contributed by atoms with Gasteiger partial charge >= 0.3 is 0 Å². The summed E-state index contributed by atoms with van der Waals surface area (Å²) < 4.78 is 31.0. The number of ether oxygens (including phenoxy) is 1. The Labute approximate surface area is 144 Å². The number of aliphatic hydroxyl groups is 1. The van der Waals surface area contributed by atoms with Crippen LogP contribution in [0.3, 0.4) is 0 Å². The van der Waals surface area contributed by atoms with Crippen LogP contribution in [0.2, 0.25) is 0 Å². The number of hydrogen-bond acceptors (Lipinski definition) is 5. The fourth-order valence-corrected chi connectivity index (χ4v) is 3.83. The molecule has 1 aromatic carbocycles. The predicted molar refractivity (Wildman–Crippen MR) is 94.4 cm³/mol. The second-order valence-electron chi connectivity index (χ2n) is 6.71. The van der Waals surface area contributed by atoms with Gasteiger partial charge in [-0.1, -0.05) is 6.07 Å². The van der Waals surface area contributed by atoms with Gasteiger partial charge in [-0.3, -0.25) is 4.90 Å². The number of nitrogens with zero attached hydrogens (tertiary/aromatic N) is 1. The van der Waals surface area contributed by atoms with Crippen molar-refractivity contribution in [3.8, 4) is 5.75 Å². The number of hydrogen-bond donors (Lipinski definition) is 2. The summed E-state index contributed by atoms with van der Waals surface area (Å²) in [6.07, 6.45) is 2.90. The monoisotopic (exact) mass is 356 g/mol. The molecule has 2 N–H and O–H groups in total. The van der Waals surface area contributed by atoms with Crippen molar-refractivity contribution in [2.45, 2.75) is 52.0 Å². The molecule has 6 nitrogen and oxygen atoms in total. The van der Waals surface area contributed by atoms with E-state index < -0.39 is 10.0 Å². The second-order valence-corrected chi connectivity index (χ2v) is 8.49. The summed E-state index contributed by atoms with van der Waals surface area (Å²) in [7, 11) is -3.13. The minimum atomic E-state index is -3.13. The van der Waals surface area contributed by atoms with Crippen molar-refractivity contribution in [2.75, 3.05) is 19.3 Å². The molecular formula is C17H28N2O4S. The van der Waals surface area contributed by atoms with Crippen molar-refractivity contribution in [2.24, 2.45) is 0 Å². The first-order valence-electron chi connectivity index (χ1n) is 8.36. The highest BCUT2D eigenvalue weighted by atomic mass is 32.2. The summed E-state index contributed by atoms with van der Waals surface area (Å²) >= 11 is 0. The van der Waals surface area contributed by atoms with E-state index in [-0.39, 0.29) is 18.8 Å². The van der Waals surface area contributed by atoms with Crippen LogP contribution in [0.4, 0.5) is 0 Å². The molecule has 2 rings (SSSR count). The topological polar surface area (TPSA) is 78.9 Å². The van der Waals surface area contributed by atoms with E-state index in [0.29, 0.717) is 0 Å². The molecule has 0 unspecified atom stereocenters. The third-order valence-electron chi connectivity index (χ3n) is 4.03. The van der Waals surface area contributed by atoms with Crippen molar-refractivity contribution in [1.29, 1.82) is 0 Å². The average molecular weight is 356 g/mol. The van der Waals surface area contributed by atoms with Gasteiger partial charge in [-0.25, -0.2) is 13.1 Å². The van der Waals surface area contributed by atoms with E-state index >= 15 is 0 Å². The summed E-state index contributed by atoms with van der Waals surface area (Å²) in [6.45, 7) is 6.38. The molecule has 0 atom stereocenters. The van der Waals surface area contributed by atoms with Crippen LogP contribution in [0.5, 0.6) is 5.75 Å². The normalized spacial score (nSPS) is 17.4. The van der Waals surface area contributed by atoms with Crippen LogP contribution in [0, 0.1) is 0 Å². The lowest BCUT2D eigenvalue weighted by molar-refractivity contribution is 0.199. The van der Waals surface area contributed by atoms with E-state index in [4.69, 9.17) is 4.74 Å². The molecule has 1 aliphatic heterocycles. The zero-order chi connectivity index (χ0) is 17.7. The Kier molecular flexibility index (Phi) is 6.62. The zero-order valence-corrected chi connectivity index (χ0v) is 15.5. The van der Waals surface area contributed by atoms with Crippen molar-refractivity contribution in [3.05, 3.63) is 29.3 Å². The van der Waals surface area contributed by atoms with Crippen LogP contribution < -0.4 is 9.46 Å². The van der Waals surface area contributed by atoms with Crippen LogP contribution >= 0.6 is 0 Å². The Morgan fingerprint density at radius 3 is 2.54 bits per heavy atom. The number of sulfonamides is 1. The van der Waals surface area contributed by atoms with E-state index in [1.807, 2.05) is 32.0 Å². The standard InChI is InChI=1S/C17H28N2O4S/c1-13(2)23-17-5-4-14(10-15(17)12-20)11-19-8-6-16(7-9-19)18-24(3,21)22/h4-5,10,13,16,18,20H,6-9,11-12H2,1-3H3. The van der Waals surface area contributed by atoms with Crippen LogP contribution in [-0.4, -0.2) is 49.9 Å². The molecular weight excluding hydrogens is 328 g/mol. The van der Waals surface area contributed by atoms with Crippen molar-refractivity contribution < 1.29 is 18.3 Å². The minimum absolute atomic E-state index is 0.0334. The molecule has 0 bridgehead atoms. The predicted octanol–water partition coefficient (Wildman–Crippen LogP) is 1.48. The van der Waals surface area contributed by atoms with Gasteiger partial charge in [-0.05, 0) is 44.4 Å². The highest BCUT2D eigenvalue weighted by Crippen LogP contribution is 2.23. The minimum Gasteiger partial charge on any atom is -0.491 e. The number of aliphatic hydroxyl groups excluding tert-OH is 1. The smallest absolute Gasteiger partial charge is 0.208 e. The molecule has 1 heterocycles. The van der Waals surface area contributed by atoms with Gasteiger partial charge in [-0.2, -0.15) is 0 Å². The maximum absolute atomic E-state index is 11.3. The molecule has 136 valence electrons. The van der Waals surface area contributed by atoms with Crippen LogP contribution in [0.1, 0.15) is 37.8 Å². The van der Waals surface area contributed by atoms with Gasteiger partial charge in [0.15, 0.2) is 0 Å². The molecule has 1 aromatic rings. The first-order valence-corrected chi connectivity index (χ1v) is 10.2. The van der Waals surface area contributed by atoms with Gasteiger partial charge < -0.3 is 9.84 Å². The maximum atomic E-state index is 11.3. The van der Waals surface area contributed by atoms with Gasteiger partial charge in [0, 0.05) is 31.2 Å². The fraction of sp³-hybridized carbons (Fsp3) is 0.647. The zero-order valence-electron chi connectivity index (χ0n) is 14.7. The fourth-order valence-electron chi connectivity index (χ4n) is 2.99. The third-order valence-corrected chi connectivity index (χ3v) is 4.79. The SMILES string of the molecule is CC(C)Oc1ccc(CN2CCC(NS(C)(=O)=O)CC2)cc1CO. The van der Waals surface area contributed by atoms with Gasteiger partial charge in [-0.15, -0.1) is 0 Å². The number of nitrogens with one attached hydrogen (secondary N) is 1.